The first-order chi connectivity index (χ1) is 13.0. The summed E-state index contributed by atoms with van der Waals surface area (Å²) < 4.78 is 44.4. The normalized spacial score (nSPS) is 17.9. The molecule has 0 spiro atoms. The molecule has 1 unspecified atom stereocenters. The third kappa shape index (κ3) is 4.62. The summed E-state index contributed by atoms with van der Waals surface area (Å²) in [6.45, 7) is 3.47. The van der Waals surface area contributed by atoms with Crippen molar-refractivity contribution in [3.8, 4) is 5.75 Å². The van der Waals surface area contributed by atoms with E-state index in [4.69, 9.17) is 4.74 Å². The van der Waals surface area contributed by atoms with E-state index in [0.717, 1.165) is 28.3 Å². The van der Waals surface area contributed by atoms with Gasteiger partial charge in [-0.2, -0.15) is 0 Å². The van der Waals surface area contributed by atoms with Crippen molar-refractivity contribution in [2.45, 2.75) is 31.9 Å². The smallest absolute Gasteiger partial charge is 0.241 e. The molecule has 0 saturated carbocycles. The van der Waals surface area contributed by atoms with E-state index in [0.29, 0.717) is 12.2 Å². The molecule has 0 aromatic heterocycles. The quantitative estimate of drug-likeness (QED) is 0.828. The van der Waals surface area contributed by atoms with Crippen LogP contribution >= 0.6 is 0 Å². The van der Waals surface area contributed by atoms with Crippen LogP contribution in [0.1, 0.15) is 31.9 Å². The molecule has 28 heavy (non-hydrogen) atoms. The number of nitrogens with zero attached hydrogens (tertiary/aromatic N) is 1. The van der Waals surface area contributed by atoms with Crippen LogP contribution in [-0.4, -0.2) is 32.7 Å². The summed E-state index contributed by atoms with van der Waals surface area (Å²) in [6.07, 6.45) is 1.56. The predicted octanol–water partition coefficient (Wildman–Crippen LogP) is 3.01. The van der Waals surface area contributed by atoms with Gasteiger partial charge < -0.3 is 10.1 Å². The number of carbonyl (C=O) groups excluding carboxylic acids is 1. The van der Waals surface area contributed by atoms with Crippen LogP contribution in [0.2, 0.25) is 0 Å². The molecule has 8 heteroatoms. The van der Waals surface area contributed by atoms with Gasteiger partial charge in [0.1, 0.15) is 23.7 Å². The zero-order valence-electron chi connectivity index (χ0n) is 16.0. The summed E-state index contributed by atoms with van der Waals surface area (Å²) in [4.78, 5) is 12.7. The minimum Gasteiger partial charge on any atom is -0.487 e. The second-order valence-corrected chi connectivity index (χ2v) is 9.38. The van der Waals surface area contributed by atoms with Crippen LogP contribution in [0.25, 0.3) is 0 Å². The second kappa shape index (κ2) is 7.43. The van der Waals surface area contributed by atoms with Crippen LogP contribution in [-0.2, 0) is 14.8 Å². The Morgan fingerprint density at radius 1 is 1.21 bits per heavy atom. The van der Waals surface area contributed by atoms with Gasteiger partial charge in [-0.25, -0.2) is 12.8 Å². The lowest BCUT2D eigenvalue weighted by molar-refractivity contribution is -0.120. The SMILES string of the molecule is CC1(C)CC(NC(=O)CN(c2ccc(F)cc2)S(C)(=O)=O)c2ccccc2O1. The predicted molar refractivity (Wildman–Crippen MR) is 105 cm³/mol. The minimum atomic E-state index is -3.72. The molecule has 0 bridgehead atoms. The minimum absolute atomic E-state index is 0.228. The van der Waals surface area contributed by atoms with Gasteiger partial charge >= 0.3 is 0 Å². The summed E-state index contributed by atoms with van der Waals surface area (Å²) >= 11 is 0. The molecule has 0 aliphatic carbocycles. The van der Waals surface area contributed by atoms with Gasteiger partial charge in [-0.3, -0.25) is 9.10 Å². The summed E-state index contributed by atoms with van der Waals surface area (Å²) in [5.74, 6) is -0.238. The third-order valence-corrected chi connectivity index (χ3v) is 5.65. The number of rotatable bonds is 5. The molecule has 0 fully saturated rings. The molecule has 0 radical (unpaired) electrons. The lowest BCUT2D eigenvalue weighted by Gasteiger charge is -2.38. The van der Waals surface area contributed by atoms with E-state index >= 15 is 0 Å². The van der Waals surface area contributed by atoms with Crippen molar-refractivity contribution < 1.29 is 22.3 Å². The highest BCUT2D eigenvalue weighted by molar-refractivity contribution is 7.92. The number of ether oxygens (including phenoxy) is 1. The number of sulfonamides is 1. The van der Waals surface area contributed by atoms with Crippen LogP contribution in [0.15, 0.2) is 48.5 Å². The number of amides is 1. The molecular weight excluding hydrogens is 383 g/mol. The first kappa shape index (κ1) is 20.1. The molecule has 2 aromatic rings. The number of nitrogens with one attached hydrogen (secondary N) is 1. The van der Waals surface area contributed by atoms with E-state index in [-0.39, 0.29) is 11.7 Å². The number of hydrogen-bond acceptors (Lipinski definition) is 4. The molecule has 6 nitrogen and oxygen atoms in total. The Morgan fingerprint density at radius 3 is 2.50 bits per heavy atom. The number of benzene rings is 2. The second-order valence-electron chi connectivity index (χ2n) is 7.47. The lowest BCUT2D eigenvalue weighted by atomic mass is 9.89. The maximum atomic E-state index is 13.2. The van der Waals surface area contributed by atoms with Gasteiger partial charge in [-0.15, -0.1) is 0 Å². The van der Waals surface area contributed by atoms with Crippen molar-refractivity contribution in [2.75, 3.05) is 17.1 Å². The van der Waals surface area contributed by atoms with E-state index in [2.05, 4.69) is 5.32 Å². The van der Waals surface area contributed by atoms with Crippen molar-refractivity contribution in [3.05, 3.63) is 59.9 Å². The summed E-state index contributed by atoms with van der Waals surface area (Å²) in [5.41, 5.74) is 0.606. The van der Waals surface area contributed by atoms with E-state index in [1.54, 1.807) is 0 Å². The first-order valence-electron chi connectivity index (χ1n) is 8.86. The van der Waals surface area contributed by atoms with Crippen LogP contribution < -0.4 is 14.4 Å². The van der Waals surface area contributed by atoms with Crippen molar-refractivity contribution >= 4 is 21.6 Å². The highest BCUT2D eigenvalue weighted by Crippen LogP contribution is 2.39. The van der Waals surface area contributed by atoms with E-state index in [1.807, 2.05) is 38.1 Å². The number of para-hydroxylation sites is 1. The maximum Gasteiger partial charge on any atom is 0.241 e. The van der Waals surface area contributed by atoms with E-state index < -0.39 is 33.9 Å². The van der Waals surface area contributed by atoms with Gasteiger partial charge in [0.25, 0.3) is 0 Å². The van der Waals surface area contributed by atoms with E-state index in [9.17, 15) is 17.6 Å². The monoisotopic (exact) mass is 406 g/mol. The molecule has 150 valence electrons. The Morgan fingerprint density at radius 2 is 1.86 bits per heavy atom. The Hall–Kier alpha value is -2.61. The molecule has 1 heterocycles. The Kier molecular flexibility index (Phi) is 5.34. The number of halogens is 1. The summed E-state index contributed by atoms with van der Waals surface area (Å²) in [6, 6.07) is 12.1. The van der Waals surface area contributed by atoms with Gasteiger partial charge in [-0.05, 0) is 44.2 Å². The fourth-order valence-electron chi connectivity index (χ4n) is 3.31. The third-order valence-electron chi connectivity index (χ3n) is 4.51. The number of fused-ring (bicyclic) bond motifs is 1. The average molecular weight is 406 g/mol. The molecular formula is C20H23FN2O4S. The van der Waals surface area contributed by atoms with Crippen LogP contribution in [0.5, 0.6) is 5.75 Å². The molecule has 1 atom stereocenters. The fourth-order valence-corrected chi connectivity index (χ4v) is 4.17. The molecule has 1 amide bonds. The molecule has 1 aliphatic rings. The zero-order chi connectivity index (χ0) is 20.5. The average Bonchev–Trinajstić information content (AvgIpc) is 2.59. The van der Waals surface area contributed by atoms with Crippen molar-refractivity contribution in [1.82, 2.24) is 5.32 Å². The standard InChI is InChI=1S/C20H23FN2O4S/c1-20(2)12-17(16-6-4-5-7-18(16)27-20)22-19(24)13-23(28(3,25)26)15-10-8-14(21)9-11-15/h4-11,17H,12-13H2,1-3H3,(H,22,24). The largest absolute Gasteiger partial charge is 0.487 e. The van der Waals surface area contributed by atoms with Gasteiger partial charge in [0.15, 0.2) is 0 Å². The van der Waals surface area contributed by atoms with Crippen LogP contribution in [0, 0.1) is 5.82 Å². The van der Waals surface area contributed by atoms with Crippen molar-refractivity contribution in [2.24, 2.45) is 0 Å². The van der Waals surface area contributed by atoms with Gasteiger partial charge in [-0.1, -0.05) is 18.2 Å². The van der Waals surface area contributed by atoms with Crippen molar-refractivity contribution in [3.63, 3.8) is 0 Å². The highest BCUT2D eigenvalue weighted by atomic mass is 32.2. The molecule has 2 aromatic carbocycles. The van der Waals surface area contributed by atoms with E-state index in [1.165, 1.54) is 12.1 Å². The number of anilines is 1. The summed E-state index contributed by atoms with van der Waals surface area (Å²) in [5, 5.41) is 2.92. The van der Waals surface area contributed by atoms with Gasteiger partial charge in [0.2, 0.25) is 15.9 Å². The Labute approximate surface area is 164 Å². The molecule has 0 saturated heterocycles. The molecule has 1 N–H and O–H groups in total. The number of hydrogen-bond donors (Lipinski definition) is 1. The van der Waals surface area contributed by atoms with Crippen LogP contribution in [0.3, 0.4) is 0 Å². The highest BCUT2D eigenvalue weighted by Gasteiger charge is 2.34. The lowest BCUT2D eigenvalue weighted by Crippen LogP contribution is -2.45. The topological polar surface area (TPSA) is 75.7 Å². The van der Waals surface area contributed by atoms with Crippen LogP contribution in [0.4, 0.5) is 10.1 Å². The van der Waals surface area contributed by atoms with Gasteiger partial charge in [0.05, 0.1) is 18.0 Å². The first-order valence-corrected chi connectivity index (χ1v) is 10.7. The Bertz CT molecular complexity index is 974. The maximum absolute atomic E-state index is 13.2. The number of carbonyl (C=O) groups is 1. The zero-order valence-corrected chi connectivity index (χ0v) is 16.8. The Balaban J connectivity index is 1.81. The fraction of sp³-hybridized carbons (Fsp3) is 0.350. The summed E-state index contributed by atoms with van der Waals surface area (Å²) in [7, 11) is -3.72. The molecule has 3 rings (SSSR count). The molecule has 1 aliphatic heterocycles. The van der Waals surface area contributed by atoms with Crippen molar-refractivity contribution in [1.29, 1.82) is 0 Å². The van der Waals surface area contributed by atoms with Gasteiger partial charge in [0, 0.05) is 12.0 Å².